The zero-order valence-electron chi connectivity index (χ0n) is 22.2. The minimum Gasteiger partial charge on any atom is -0.386 e. The van der Waals surface area contributed by atoms with Crippen molar-refractivity contribution in [3.8, 4) is 0 Å². The van der Waals surface area contributed by atoms with E-state index >= 15 is 4.39 Å². The third-order valence-electron chi connectivity index (χ3n) is 6.49. The molecule has 3 aromatic heterocycles. The van der Waals surface area contributed by atoms with Crippen LogP contribution in [0.3, 0.4) is 0 Å². The number of aromatic nitrogens is 3. The van der Waals surface area contributed by atoms with E-state index in [1.807, 2.05) is 13.0 Å². The molecule has 7 nitrogen and oxygen atoms in total. The molecule has 204 valence electrons. The fourth-order valence-electron chi connectivity index (χ4n) is 4.60. The molecule has 0 saturated carbocycles. The van der Waals surface area contributed by atoms with E-state index in [4.69, 9.17) is 11.6 Å². The van der Waals surface area contributed by atoms with Gasteiger partial charge in [-0.05, 0) is 68.5 Å². The summed E-state index contributed by atoms with van der Waals surface area (Å²) in [6.07, 6.45) is 11.0. The molecule has 1 fully saturated rings. The van der Waals surface area contributed by atoms with E-state index in [2.05, 4.69) is 15.0 Å². The lowest BCUT2D eigenvalue weighted by molar-refractivity contribution is 0.0301. The molecule has 4 rings (SSSR count). The Balaban J connectivity index is 1.65. The summed E-state index contributed by atoms with van der Waals surface area (Å²) in [6.45, 7) is 7.69. The highest BCUT2D eigenvalue weighted by atomic mass is 35.5. The maximum absolute atomic E-state index is 15.5. The number of nitrogens with zero attached hydrogens (tertiary/aromatic N) is 5. The fraction of sp³-hybridized carbons (Fsp3) is 0.310. The number of hydrogen-bond acceptors (Lipinski definition) is 6. The Labute approximate surface area is 230 Å². The number of hydrogen-bond donors (Lipinski definition) is 1. The lowest BCUT2D eigenvalue weighted by Gasteiger charge is -2.45. The van der Waals surface area contributed by atoms with Crippen LogP contribution in [0.1, 0.15) is 49.1 Å². The Hall–Kier alpha value is -3.69. The van der Waals surface area contributed by atoms with Crippen molar-refractivity contribution in [2.75, 3.05) is 18.0 Å². The van der Waals surface area contributed by atoms with E-state index in [0.29, 0.717) is 23.2 Å². The van der Waals surface area contributed by atoms with Gasteiger partial charge in [0, 0.05) is 49.1 Å². The molecule has 1 aliphatic heterocycles. The first-order valence-electron chi connectivity index (χ1n) is 12.5. The minimum absolute atomic E-state index is 0.0521. The van der Waals surface area contributed by atoms with Crippen LogP contribution < -0.4 is 10.5 Å². The van der Waals surface area contributed by atoms with Crippen molar-refractivity contribution in [3.05, 3.63) is 105 Å². The zero-order chi connectivity index (χ0) is 28.3. The summed E-state index contributed by atoms with van der Waals surface area (Å²) in [5.41, 5.74) is 1.12. The number of anilines is 1. The summed E-state index contributed by atoms with van der Waals surface area (Å²) in [4.78, 5) is 27.3. The molecule has 1 atom stereocenters. The molecule has 0 aromatic carbocycles. The number of halogens is 3. The summed E-state index contributed by atoms with van der Waals surface area (Å²) in [5, 5.41) is 10.1. The molecular formula is C29H30ClF2N5O2. The predicted octanol–water partition coefficient (Wildman–Crippen LogP) is 5.29. The van der Waals surface area contributed by atoms with Gasteiger partial charge in [-0.1, -0.05) is 24.6 Å². The number of aliphatic imine (C=N–C) groups is 1. The lowest BCUT2D eigenvalue weighted by atomic mass is 9.94. The van der Waals surface area contributed by atoms with Crippen LogP contribution in [-0.4, -0.2) is 44.0 Å². The van der Waals surface area contributed by atoms with Gasteiger partial charge in [-0.25, -0.2) is 13.8 Å². The largest absolute Gasteiger partial charge is 0.386 e. The monoisotopic (exact) mass is 553 g/mol. The molecule has 1 unspecified atom stereocenters. The Morgan fingerprint density at radius 1 is 1.31 bits per heavy atom. The smallest absolute Gasteiger partial charge is 0.273 e. The van der Waals surface area contributed by atoms with Crippen molar-refractivity contribution >= 4 is 29.3 Å². The van der Waals surface area contributed by atoms with E-state index in [-0.39, 0.29) is 41.1 Å². The van der Waals surface area contributed by atoms with Crippen LogP contribution in [0.25, 0.3) is 6.20 Å². The molecule has 1 aliphatic rings. The number of rotatable bonds is 8. The van der Waals surface area contributed by atoms with Gasteiger partial charge in [-0.3, -0.25) is 19.3 Å². The molecule has 0 aliphatic carbocycles. The van der Waals surface area contributed by atoms with Gasteiger partial charge in [0.05, 0.1) is 17.5 Å². The first-order valence-corrected chi connectivity index (χ1v) is 12.9. The maximum Gasteiger partial charge on any atom is 0.273 e. The third kappa shape index (κ3) is 6.32. The summed E-state index contributed by atoms with van der Waals surface area (Å²) in [6, 6.07) is 4.74. The number of β-amino-alcohol motifs (C(OH)–C–C–N with tert-alkyl or cyclic N) is 1. The quantitative estimate of drug-likeness (QED) is 0.383. The number of aryl methyl sites for hydroxylation is 1. The topological polar surface area (TPSA) is 83.6 Å². The van der Waals surface area contributed by atoms with Gasteiger partial charge in [0.2, 0.25) is 0 Å². The van der Waals surface area contributed by atoms with Crippen LogP contribution >= 0.6 is 11.6 Å². The first kappa shape index (κ1) is 28.3. The van der Waals surface area contributed by atoms with Gasteiger partial charge in [0.25, 0.3) is 5.56 Å². The van der Waals surface area contributed by atoms with E-state index in [1.54, 1.807) is 44.0 Å². The molecular weight excluding hydrogens is 524 g/mol. The average Bonchev–Trinajstić information content (AvgIpc) is 2.87. The van der Waals surface area contributed by atoms with Crippen molar-refractivity contribution in [1.29, 1.82) is 0 Å². The summed E-state index contributed by atoms with van der Waals surface area (Å²) < 4.78 is 30.5. The van der Waals surface area contributed by atoms with Crippen molar-refractivity contribution in [1.82, 2.24) is 14.5 Å². The van der Waals surface area contributed by atoms with Crippen LogP contribution in [0.5, 0.6) is 0 Å². The summed E-state index contributed by atoms with van der Waals surface area (Å²) in [7, 11) is 0. The lowest BCUT2D eigenvalue weighted by Crippen LogP contribution is -2.60. The molecule has 3 aromatic rings. The number of allylic oxidation sites excluding steroid dienone is 2. The zero-order valence-corrected chi connectivity index (χ0v) is 23.0. The molecule has 1 N–H and O–H groups in total. The van der Waals surface area contributed by atoms with E-state index < -0.39 is 22.8 Å². The van der Waals surface area contributed by atoms with Crippen LogP contribution in [0.4, 0.5) is 14.6 Å². The molecule has 1 saturated heterocycles. The van der Waals surface area contributed by atoms with Crippen molar-refractivity contribution < 1.29 is 13.9 Å². The number of aliphatic hydroxyl groups is 1. The maximum atomic E-state index is 15.5. The van der Waals surface area contributed by atoms with Gasteiger partial charge in [0.1, 0.15) is 10.8 Å². The molecule has 10 heteroatoms. The minimum atomic E-state index is -0.887. The Morgan fingerprint density at radius 2 is 2.05 bits per heavy atom. The molecule has 0 amide bonds. The summed E-state index contributed by atoms with van der Waals surface area (Å²) in [5.74, 6) is -1.03. The molecule has 0 spiro atoms. The van der Waals surface area contributed by atoms with Crippen LogP contribution in [0.2, 0.25) is 5.02 Å². The second-order valence-corrected chi connectivity index (χ2v) is 10.4. The van der Waals surface area contributed by atoms with Crippen LogP contribution in [0, 0.1) is 18.6 Å². The van der Waals surface area contributed by atoms with Gasteiger partial charge in [0.15, 0.2) is 11.6 Å². The second-order valence-electron chi connectivity index (χ2n) is 10.0. The molecule has 0 bridgehead atoms. The Kier molecular flexibility index (Phi) is 8.42. The molecule has 0 radical (unpaired) electrons. The van der Waals surface area contributed by atoms with Gasteiger partial charge in [-0.2, -0.15) is 0 Å². The van der Waals surface area contributed by atoms with Gasteiger partial charge >= 0.3 is 0 Å². The predicted molar refractivity (Wildman–Crippen MR) is 150 cm³/mol. The van der Waals surface area contributed by atoms with E-state index in [9.17, 15) is 14.3 Å². The average molecular weight is 554 g/mol. The SMILES string of the molecule is C/C=C/N=C(/C=C/n1c(C)cc(C(C)Cc2cncc(F)c2)c(Cl)c1=O)c1ccnc(N2CC(C)(O)C2)c1F. The van der Waals surface area contributed by atoms with Gasteiger partial charge in [-0.15, -0.1) is 0 Å². The van der Waals surface area contributed by atoms with Crippen LogP contribution in [0.15, 0.2) is 64.9 Å². The van der Waals surface area contributed by atoms with E-state index in [1.165, 1.54) is 35.3 Å². The van der Waals surface area contributed by atoms with Crippen molar-refractivity contribution in [3.63, 3.8) is 0 Å². The second kappa shape index (κ2) is 11.6. The van der Waals surface area contributed by atoms with Crippen molar-refractivity contribution in [2.45, 2.75) is 45.6 Å². The Bertz CT molecular complexity index is 1520. The highest BCUT2D eigenvalue weighted by Gasteiger charge is 2.38. The molecule has 39 heavy (non-hydrogen) atoms. The van der Waals surface area contributed by atoms with E-state index in [0.717, 1.165) is 6.20 Å². The summed E-state index contributed by atoms with van der Waals surface area (Å²) >= 11 is 6.51. The highest BCUT2D eigenvalue weighted by molar-refractivity contribution is 6.31. The first-order chi connectivity index (χ1) is 18.5. The fourth-order valence-corrected chi connectivity index (χ4v) is 4.93. The highest BCUT2D eigenvalue weighted by Crippen LogP contribution is 2.30. The molecule has 4 heterocycles. The third-order valence-corrected chi connectivity index (χ3v) is 6.87. The standard InChI is InChI=1S/C29H30ClF2N5O2/c1-5-8-34-24(22-6-9-35-27(26(22)32)36-16-29(4,39)17-36)7-10-37-19(3)12-23(25(30)28(37)38)18(2)11-20-13-21(31)15-33-14-20/h5-10,12-15,18,39H,11,16-17H2,1-4H3/b8-5+,10-7+,34-24-. The number of pyridine rings is 3. The Morgan fingerprint density at radius 3 is 2.72 bits per heavy atom. The van der Waals surface area contributed by atoms with Crippen LogP contribution in [-0.2, 0) is 6.42 Å². The normalized spacial score (nSPS) is 16.2. The van der Waals surface area contributed by atoms with Crippen molar-refractivity contribution in [2.24, 2.45) is 4.99 Å². The van der Waals surface area contributed by atoms with Gasteiger partial charge < -0.3 is 10.0 Å².